The minimum absolute atomic E-state index is 0.190. The Morgan fingerprint density at radius 3 is 2.41 bits per heavy atom. The summed E-state index contributed by atoms with van der Waals surface area (Å²) in [5.74, 6) is -1.42. The van der Waals surface area contributed by atoms with Crippen LogP contribution in [-0.2, 0) is 14.4 Å². The van der Waals surface area contributed by atoms with Gasteiger partial charge in [0.1, 0.15) is 11.3 Å². The molecule has 0 aromatic heterocycles. The third-order valence-electron chi connectivity index (χ3n) is 5.74. The second-order valence-electron chi connectivity index (χ2n) is 8.61. The fourth-order valence-electron chi connectivity index (χ4n) is 3.73. The van der Waals surface area contributed by atoms with Gasteiger partial charge in [0.25, 0.3) is 17.7 Å². The number of carbonyl (C=O) groups excluding carboxylic acids is 4. The van der Waals surface area contributed by atoms with Gasteiger partial charge in [0, 0.05) is 10.7 Å². The van der Waals surface area contributed by atoms with E-state index in [4.69, 9.17) is 16.3 Å². The summed E-state index contributed by atoms with van der Waals surface area (Å²) in [7, 11) is 0. The molecular formula is C28H24ClN3O5. The largest absolute Gasteiger partial charge is 0.484 e. The highest BCUT2D eigenvalue weighted by Gasteiger charge is 2.37. The first kappa shape index (κ1) is 25.7. The smallest absolute Gasteiger partial charge is 0.335 e. The lowest BCUT2D eigenvalue weighted by molar-refractivity contribution is -0.122. The van der Waals surface area contributed by atoms with Crippen molar-refractivity contribution < 1.29 is 23.9 Å². The topological polar surface area (TPSA) is 105 Å². The maximum atomic E-state index is 13.1. The monoisotopic (exact) mass is 517 g/mol. The normalized spacial score (nSPS) is 14.5. The van der Waals surface area contributed by atoms with Gasteiger partial charge in [-0.2, -0.15) is 0 Å². The number of hydrogen-bond acceptors (Lipinski definition) is 5. The standard InChI is InChI=1S/C28H24ClN3O5/c1-16-4-5-17(2)23(12-16)30-25(33)15-37-21-10-7-19(8-11-21)13-22-26(34)31-28(36)32(27(22)35)24-14-20(29)9-6-18(24)3/h4-14H,15H2,1-3H3,(H,30,33)(H,31,34,36)/b22-13+. The SMILES string of the molecule is Cc1ccc(C)c(NC(=O)COc2ccc(/C=C3\C(=O)NC(=O)N(c4cc(Cl)ccc4C)C3=O)cc2)c1. The number of nitrogens with zero attached hydrogens (tertiary/aromatic N) is 1. The molecule has 2 N–H and O–H groups in total. The van der Waals surface area contributed by atoms with Crippen LogP contribution in [0, 0.1) is 20.8 Å². The predicted octanol–water partition coefficient (Wildman–Crippen LogP) is 4.95. The van der Waals surface area contributed by atoms with E-state index in [1.807, 2.05) is 32.0 Å². The molecule has 0 atom stereocenters. The van der Waals surface area contributed by atoms with Gasteiger partial charge in [-0.1, -0.05) is 41.9 Å². The Morgan fingerprint density at radius 1 is 0.973 bits per heavy atom. The van der Waals surface area contributed by atoms with Crippen LogP contribution in [0.25, 0.3) is 6.08 Å². The van der Waals surface area contributed by atoms with Crippen molar-refractivity contribution in [3.05, 3.63) is 93.5 Å². The summed E-state index contributed by atoms with van der Waals surface area (Å²) in [6.45, 7) is 5.39. The lowest BCUT2D eigenvalue weighted by Gasteiger charge is -2.27. The third kappa shape index (κ3) is 5.87. The van der Waals surface area contributed by atoms with E-state index in [9.17, 15) is 19.2 Å². The molecule has 0 unspecified atom stereocenters. The summed E-state index contributed by atoms with van der Waals surface area (Å²) in [4.78, 5) is 51.2. The molecule has 1 aliphatic rings. The molecule has 0 radical (unpaired) electrons. The Morgan fingerprint density at radius 2 is 1.68 bits per heavy atom. The lowest BCUT2D eigenvalue weighted by Crippen LogP contribution is -2.54. The number of nitrogens with one attached hydrogen (secondary N) is 2. The number of anilines is 2. The summed E-state index contributed by atoms with van der Waals surface area (Å²) in [5, 5.41) is 5.37. The first-order chi connectivity index (χ1) is 17.6. The van der Waals surface area contributed by atoms with E-state index in [0.29, 0.717) is 21.9 Å². The van der Waals surface area contributed by atoms with Crippen LogP contribution in [-0.4, -0.2) is 30.4 Å². The number of benzene rings is 3. The highest BCUT2D eigenvalue weighted by molar-refractivity contribution is 6.39. The van der Waals surface area contributed by atoms with Crippen molar-refractivity contribution in [1.82, 2.24) is 5.32 Å². The maximum absolute atomic E-state index is 13.1. The van der Waals surface area contributed by atoms with E-state index in [0.717, 1.165) is 21.7 Å². The molecule has 0 bridgehead atoms. The molecular weight excluding hydrogens is 494 g/mol. The number of rotatable bonds is 6. The Kier molecular flexibility index (Phi) is 7.40. The molecule has 1 aliphatic heterocycles. The zero-order valence-electron chi connectivity index (χ0n) is 20.4. The van der Waals surface area contributed by atoms with E-state index in [2.05, 4.69) is 10.6 Å². The van der Waals surface area contributed by atoms with Gasteiger partial charge < -0.3 is 10.1 Å². The molecule has 1 saturated heterocycles. The van der Waals surface area contributed by atoms with Crippen LogP contribution in [0.3, 0.4) is 0 Å². The van der Waals surface area contributed by atoms with Crippen molar-refractivity contribution in [1.29, 1.82) is 0 Å². The number of amides is 5. The lowest BCUT2D eigenvalue weighted by atomic mass is 10.1. The molecule has 0 aliphatic carbocycles. The summed E-state index contributed by atoms with van der Waals surface area (Å²) in [6, 6.07) is 16.3. The van der Waals surface area contributed by atoms with Gasteiger partial charge in [0.2, 0.25) is 0 Å². The Balaban J connectivity index is 1.45. The number of urea groups is 1. The second-order valence-corrected chi connectivity index (χ2v) is 9.05. The van der Waals surface area contributed by atoms with Gasteiger partial charge in [0.05, 0.1) is 5.69 Å². The molecule has 5 amide bonds. The van der Waals surface area contributed by atoms with Crippen molar-refractivity contribution in [3.8, 4) is 5.75 Å². The molecule has 1 fully saturated rings. The highest BCUT2D eigenvalue weighted by atomic mass is 35.5. The average Bonchev–Trinajstić information content (AvgIpc) is 2.85. The van der Waals surface area contributed by atoms with Crippen LogP contribution in [0.15, 0.2) is 66.2 Å². The number of carbonyl (C=O) groups is 4. The summed E-state index contributed by atoms with van der Waals surface area (Å²) >= 11 is 6.05. The summed E-state index contributed by atoms with van der Waals surface area (Å²) in [6.07, 6.45) is 1.38. The Labute approximate surface area is 218 Å². The second kappa shape index (κ2) is 10.7. The van der Waals surface area contributed by atoms with Crippen LogP contribution >= 0.6 is 11.6 Å². The van der Waals surface area contributed by atoms with Gasteiger partial charge in [-0.25, -0.2) is 9.69 Å². The molecule has 8 nitrogen and oxygen atoms in total. The predicted molar refractivity (Wildman–Crippen MR) is 142 cm³/mol. The van der Waals surface area contributed by atoms with Crippen LogP contribution < -0.4 is 20.3 Å². The van der Waals surface area contributed by atoms with Gasteiger partial charge in [-0.3, -0.25) is 19.7 Å². The number of barbiturate groups is 1. The zero-order chi connectivity index (χ0) is 26.7. The fraction of sp³-hybridized carbons (Fsp3) is 0.143. The molecule has 1 heterocycles. The minimum Gasteiger partial charge on any atom is -0.484 e. The Bertz CT molecular complexity index is 1450. The maximum Gasteiger partial charge on any atom is 0.335 e. The van der Waals surface area contributed by atoms with Crippen molar-refractivity contribution in [2.75, 3.05) is 16.8 Å². The summed E-state index contributed by atoms with van der Waals surface area (Å²) in [5.41, 5.74) is 3.96. The van der Waals surface area contributed by atoms with Gasteiger partial charge in [-0.05, 0) is 79.4 Å². The van der Waals surface area contributed by atoms with Gasteiger partial charge in [-0.15, -0.1) is 0 Å². The average molecular weight is 518 g/mol. The minimum atomic E-state index is -0.847. The highest BCUT2D eigenvalue weighted by Crippen LogP contribution is 2.28. The van der Waals surface area contributed by atoms with Crippen LogP contribution in [0.5, 0.6) is 5.75 Å². The number of ether oxygens (including phenoxy) is 1. The molecule has 0 spiro atoms. The van der Waals surface area contributed by atoms with Crippen LogP contribution in [0.2, 0.25) is 5.02 Å². The number of halogens is 1. The van der Waals surface area contributed by atoms with E-state index < -0.39 is 17.8 Å². The number of imide groups is 2. The van der Waals surface area contributed by atoms with Crippen LogP contribution in [0.1, 0.15) is 22.3 Å². The molecule has 188 valence electrons. The molecule has 3 aromatic rings. The van der Waals surface area contributed by atoms with E-state index in [-0.39, 0.29) is 23.8 Å². The molecule has 4 rings (SSSR count). The molecule has 9 heteroatoms. The van der Waals surface area contributed by atoms with E-state index in [1.165, 1.54) is 12.1 Å². The molecule has 3 aromatic carbocycles. The van der Waals surface area contributed by atoms with Crippen LogP contribution in [0.4, 0.5) is 16.2 Å². The summed E-state index contributed by atoms with van der Waals surface area (Å²) < 4.78 is 5.57. The van der Waals surface area contributed by atoms with Gasteiger partial charge in [0.15, 0.2) is 6.61 Å². The number of aryl methyl sites for hydroxylation is 3. The van der Waals surface area contributed by atoms with Crippen molar-refractivity contribution in [3.63, 3.8) is 0 Å². The fourth-order valence-corrected chi connectivity index (χ4v) is 3.90. The van der Waals surface area contributed by atoms with Crippen molar-refractivity contribution in [2.24, 2.45) is 0 Å². The van der Waals surface area contributed by atoms with Crippen molar-refractivity contribution in [2.45, 2.75) is 20.8 Å². The third-order valence-corrected chi connectivity index (χ3v) is 5.98. The first-order valence-corrected chi connectivity index (χ1v) is 11.8. The molecule has 0 saturated carbocycles. The van der Waals surface area contributed by atoms with Gasteiger partial charge >= 0.3 is 6.03 Å². The molecule has 37 heavy (non-hydrogen) atoms. The van der Waals surface area contributed by atoms with E-state index >= 15 is 0 Å². The number of hydrogen-bond donors (Lipinski definition) is 2. The van der Waals surface area contributed by atoms with Crippen molar-refractivity contribution >= 4 is 52.8 Å². The first-order valence-electron chi connectivity index (χ1n) is 11.4. The zero-order valence-corrected chi connectivity index (χ0v) is 21.2. The Hall–Kier alpha value is -4.43. The van der Waals surface area contributed by atoms with E-state index in [1.54, 1.807) is 43.3 Å². The quantitative estimate of drug-likeness (QED) is 0.355.